The van der Waals surface area contributed by atoms with Gasteiger partial charge in [-0.25, -0.2) is 0 Å². The van der Waals surface area contributed by atoms with E-state index >= 15 is 0 Å². The summed E-state index contributed by atoms with van der Waals surface area (Å²) in [6, 6.07) is 23.1. The van der Waals surface area contributed by atoms with Gasteiger partial charge in [0.15, 0.2) is 29.3 Å². The van der Waals surface area contributed by atoms with E-state index < -0.39 is 35.6 Å². The number of alkyl halides is 1. The normalized spacial score (nSPS) is 16.1. The SMILES string of the molecule is CCCCCC(C)(N=[N+]=[N-])Oc1ccc(/C=N/N(C)[P+](=S)C(C)(CCC)Oc2ccc(/C=N/N(C)[P+](=S)C(C)(CC)Oc3ccc(/C=N/N(C)P(=S)(Cl)CI)cc3)cc2)cc1. The first kappa shape index (κ1) is 52.8. The highest BCUT2D eigenvalue weighted by Gasteiger charge is 2.46. The summed E-state index contributed by atoms with van der Waals surface area (Å²) in [6.45, 7) is 9.72. The van der Waals surface area contributed by atoms with Crippen molar-refractivity contribution in [3.05, 3.63) is 99.9 Å². The van der Waals surface area contributed by atoms with E-state index in [4.69, 9.17) is 76.6 Å². The second-order valence-electron chi connectivity index (χ2n) is 14.8. The Morgan fingerprint density at radius 1 is 0.705 bits per heavy atom. The van der Waals surface area contributed by atoms with Crippen LogP contribution in [0.15, 0.2) is 93.2 Å². The lowest BCUT2D eigenvalue weighted by molar-refractivity contribution is 0.0835. The van der Waals surface area contributed by atoms with Crippen molar-refractivity contribution in [1.82, 2.24) is 14.3 Å². The third-order valence-electron chi connectivity index (χ3n) is 9.56. The number of unbranched alkanes of at least 4 members (excludes halogenated alkanes) is 2. The first-order chi connectivity index (χ1) is 28.9. The number of hydrazone groups is 3. The molecule has 3 rings (SSSR count). The summed E-state index contributed by atoms with van der Waals surface area (Å²) in [5.74, 6) is 2.06. The average molecular weight is 1080 g/mol. The van der Waals surface area contributed by atoms with Gasteiger partial charge < -0.3 is 14.2 Å². The number of nitrogens with zero attached hydrogens (tertiary/aromatic N) is 9. The van der Waals surface area contributed by atoms with Gasteiger partial charge in [-0.15, -0.1) is 19.8 Å². The number of hydrogen-bond acceptors (Lipinski definition) is 10. The number of rotatable bonds is 26. The number of benzene rings is 3. The zero-order valence-corrected chi connectivity index (χ0v) is 44.4. The highest BCUT2D eigenvalue weighted by Crippen LogP contribution is 2.56. The maximum atomic E-state index is 9.10. The fourth-order valence-electron chi connectivity index (χ4n) is 5.75. The van der Waals surface area contributed by atoms with E-state index in [1.165, 1.54) is 0 Å². The average Bonchev–Trinajstić information content (AvgIpc) is 3.24. The maximum absolute atomic E-state index is 9.10. The molecule has 0 saturated carbocycles. The Balaban J connectivity index is 1.62. The van der Waals surface area contributed by atoms with E-state index in [-0.39, 0.29) is 0 Å². The minimum Gasteiger partial charge on any atom is -0.481 e. The summed E-state index contributed by atoms with van der Waals surface area (Å²) in [6.07, 6.45) is 11.3. The van der Waals surface area contributed by atoms with Gasteiger partial charge in [0.2, 0.25) is 0 Å². The van der Waals surface area contributed by atoms with Crippen LogP contribution in [-0.2, 0) is 35.4 Å². The monoisotopic (exact) mass is 1080 g/mol. The van der Waals surface area contributed by atoms with Gasteiger partial charge >= 0.3 is 13.7 Å². The van der Waals surface area contributed by atoms with Crippen molar-refractivity contribution in [3.8, 4) is 17.2 Å². The summed E-state index contributed by atoms with van der Waals surface area (Å²) in [7, 11) is 5.58. The van der Waals surface area contributed by atoms with Crippen LogP contribution in [0.2, 0.25) is 0 Å². The standard InChI is InChI=1S/C41H58ClIN9O3P3S3/c1-10-13-14-28-39(4,48-49-44)53-36-21-15-33(16-22-36)30-46-51(8)57(60)41(6,27-11-2)55-38-25-17-34(18-26-38)29-45-50(7)56(59)40(5,12-3)54-37-23-19-35(20-24-37)31-47-52(9)58(42,61)32-43/h15-26,29-31H,10-14,27-28,32H2,1-9H3/q+2/b45-29+,46-30+,47-31+. The Morgan fingerprint density at radius 2 is 1.13 bits per heavy atom. The van der Waals surface area contributed by atoms with Crippen molar-refractivity contribution in [2.75, 3.05) is 25.3 Å². The molecule has 0 aromatic heterocycles. The molecule has 6 unspecified atom stereocenters. The van der Waals surface area contributed by atoms with Gasteiger partial charge in [0, 0.05) is 38.6 Å². The first-order valence-electron chi connectivity index (χ1n) is 19.9. The van der Waals surface area contributed by atoms with Crippen LogP contribution < -0.4 is 14.2 Å². The molecule has 0 fully saturated rings. The molecule has 3 aromatic carbocycles. The number of hydrogen-bond donors (Lipinski definition) is 0. The molecular weight excluding hydrogens is 1020 g/mol. The molecule has 3 aromatic rings. The third-order valence-corrected chi connectivity index (χ3v) is 25.8. The van der Waals surface area contributed by atoms with E-state index in [9.17, 15) is 0 Å². The van der Waals surface area contributed by atoms with E-state index in [0.29, 0.717) is 34.3 Å². The van der Waals surface area contributed by atoms with Crippen molar-refractivity contribution >= 4 is 107 Å². The zero-order chi connectivity index (χ0) is 45.3. The summed E-state index contributed by atoms with van der Waals surface area (Å²) in [5, 5.41) is 16.5. The van der Waals surface area contributed by atoms with Gasteiger partial charge in [0.1, 0.15) is 22.8 Å². The quantitative estimate of drug-likeness (QED) is 0.00890. The molecule has 0 spiro atoms. The molecule has 0 N–H and O–H groups in total. The van der Waals surface area contributed by atoms with Crippen molar-refractivity contribution in [3.63, 3.8) is 0 Å². The fraction of sp³-hybridized carbons (Fsp3) is 0.488. The number of halogens is 2. The molecule has 20 heteroatoms. The lowest BCUT2D eigenvalue weighted by Gasteiger charge is -2.25. The molecule has 0 aliphatic rings. The lowest BCUT2D eigenvalue weighted by atomic mass is 10.1. The maximum Gasteiger partial charge on any atom is 0.358 e. The molecule has 330 valence electrons. The molecular formula is C41H58ClIN9O3P3S3+2. The molecule has 0 aliphatic heterocycles. The molecule has 0 radical (unpaired) electrons. The number of ether oxygens (including phenoxy) is 3. The highest BCUT2D eigenvalue weighted by atomic mass is 127. The molecule has 0 aliphatic carbocycles. The van der Waals surface area contributed by atoms with Crippen LogP contribution in [0.1, 0.15) is 103 Å². The van der Waals surface area contributed by atoms with Crippen LogP contribution in [-0.4, -0.2) is 74.7 Å². The summed E-state index contributed by atoms with van der Waals surface area (Å²) in [4.78, 5) is 3.01. The summed E-state index contributed by atoms with van der Waals surface area (Å²) in [5.41, 5.74) is 8.68. The van der Waals surface area contributed by atoms with Crippen LogP contribution in [0.25, 0.3) is 10.4 Å². The van der Waals surface area contributed by atoms with Crippen LogP contribution in [0.3, 0.4) is 0 Å². The second-order valence-corrected chi connectivity index (χ2v) is 29.2. The molecule has 61 heavy (non-hydrogen) atoms. The van der Waals surface area contributed by atoms with Crippen molar-refractivity contribution in [2.45, 2.75) is 103 Å². The van der Waals surface area contributed by atoms with Crippen molar-refractivity contribution < 1.29 is 14.2 Å². The lowest BCUT2D eigenvalue weighted by Crippen LogP contribution is -2.31. The Bertz CT molecular complexity index is 2100. The van der Waals surface area contributed by atoms with Crippen LogP contribution in [0.5, 0.6) is 17.2 Å². The van der Waals surface area contributed by atoms with Gasteiger partial charge in [-0.2, -0.15) is 5.10 Å². The first-order valence-corrected chi connectivity index (χ1v) is 29.9. The van der Waals surface area contributed by atoms with Crippen LogP contribution >= 0.6 is 53.1 Å². The van der Waals surface area contributed by atoms with E-state index in [1.54, 1.807) is 23.4 Å². The predicted molar refractivity (Wildman–Crippen MR) is 279 cm³/mol. The molecule has 0 saturated heterocycles. The van der Waals surface area contributed by atoms with E-state index in [2.05, 4.69) is 65.4 Å². The topological polar surface area (TPSA) is 123 Å². The molecule has 6 atom stereocenters. The predicted octanol–water partition coefficient (Wildman–Crippen LogP) is 13.9. The fourth-order valence-corrected chi connectivity index (χ4v) is 11.4. The Hall–Kier alpha value is -2.51. The Labute approximate surface area is 398 Å². The van der Waals surface area contributed by atoms with Crippen molar-refractivity contribution in [1.29, 1.82) is 0 Å². The minimum absolute atomic E-state index is 0.626. The molecule has 0 heterocycles. The Morgan fingerprint density at radius 3 is 1.54 bits per heavy atom. The highest BCUT2D eigenvalue weighted by molar-refractivity contribution is 14.1. The zero-order valence-electron chi connectivity index (χ0n) is 36.4. The largest absolute Gasteiger partial charge is 0.481 e. The van der Waals surface area contributed by atoms with Gasteiger partial charge in [0.05, 0.1) is 36.9 Å². The molecule has 12 nitrogen and oxygen atoms in total. The van der Waals surface area contributed by atoms with Gasteiger partial charge in [-0.05, 0) is 126 Å². The second kappa shape index (κ2) is 25.1. The molecule has 0 bridgehead atoms. The van der Waals surface area contributed by atoms with Crippen molar-refractivity contribution in [2.24, 2.45) is 20.4 Å². The smallest absolute Gasteiger partial charge is 0.358 e. The Kier molecular flexibility index (Phi) is 21.7. The summed E-state index contributed by atoms with van der Waals surface area (Å²) >= 11 is 26.2. The van der Waals surface area contributed by atoms with E-state index in [0.717, 1.165) is 48.8 Å². The van der Waals surface area contributed by atoms with Gasteiger partial charge in [-0.3, -0.25) is 4.78 Å². The minimum atomic E-state index is -2.17. The van der Waals surface area contributed by atoms with E-state index in [1.807, 2.05) is 117 Å². The third kappa shape index (κ3) is 16.5. The van der Waals surface area contributed by atoms with Crippen LogP contribution in [0, 0.1) is 0 Å². The summed E-state index contributed by atoms with van der Waals surface area (Å²) < 4.78 is 25.2. The van der Waals surface area contributed by atoms with Gasteiger partial charge in [0.25, 0.3) is 10.7 Å². The molecule has 0 amide bonds. The number of azide groups is 1. The van der Waals surface area contributed by atoms with Crippen LogP contribution in [0.4, 0.5) is 0 Å². The van der Waals surface area contributed by atoms with Gasteiger partial charge in [-0.1, -0.05) is 79.3 Å².